The second-order valence-corrected chi connectivity index (χ2v) is 6.03. The number of halogens is 2. The zero-order chi connectivity index (χ0) is 17.4. The van der Waals surface area contributed by atoms with Gasteiger partial charge < -0.3 is 15.0 Å². The molecule has 0 aliphatic rings. The van der Waals surface area contributed by atoms with E-state index in [1.54, 1.807) is 36.4 Å². The van der Waals surface area contributed by atoms with Gasteiger partial charge in [-0.15, -0.1) is 0 Å². The molecule has 3 aromatic rings. The molecule has 0 saturated heterocycles. The number of nitrogens with one attached hydrogen (secondary N) is 1. The van der Waals surface area contributed by atoms with E-state index in [0.717, 1.165) is 4.57 Å². The summed E-state index contributed by atoms with van der Waals surface area (Å²) in [7, 11) is 1.42. The molecule has 0 atom stereocenters. The van der Waals surface area contributed by atoms with Crippen LogP contribution in [0, 0.1) is 0 Å². The molecule has 0 fully saturated rings. The number of anilines is 1. The molecule has 5 nitrogen and oxygen atoms in total. The van der Waals surface area contributed by atoms with Gasteiger partial charge in [-0.05, 0) is 24.3 Å². The first-order valence-electron chi connectivity index (χ1n) is 6.97. The Morgan fingerprint density at radius 2 is 1.79 bits per heavy atom. The van der Waals surface area contributed by atoms with Crippen LogP contribution in [0.25, 0.3) is 10.8 Å². The van der Waals surface area contributed by atoms with E-state index in [-0.39, 0.29) is 27.7 Å². The monoisotopic (exact) mass is 362 g/mol. The van der Waals surface area contributed by atoms with Crippen LogP contribution in [-0.2, 0) is 7.05 Å². The van der Waals surface area contributed by atoms with Gasteiger partial charge >= 0.3 is 0 Å². The van der Waals surface area contributed by atoms with Gasteiger partial charge in [0, 0.05) is 17.5 Å². The van der Waals surface area contributed by atoms with Gasteiger partial charge in [0.15, 0.2) is 11.4 Å². The molecule has 0 unspecified atom stereocenters. The predicted octanol–water partition coefficient (Wildman–Crippen LogP) is 3.80. The standard InChI is InChI=1S/C17H12Cl2N2O3/c1-21-14(15(22)10-4-2-3-5-11(10)17(21)24)16(23)20-13-8-9(18)6-7-12(13)19/h2-8,22H,1H3,(H,20,23). The van der Waals surface area contributed by atoms with E-state index < -0.39 is 5.91 Å². The molecule has 1 aromatic heterocycles. The number of carbonyl (C=O) groups excluding carboxylic acids is 1. The summed E-state index contributed by atoms with van der Waals surface area (Å²) < 4.78 is 1.10. The number of hydrogen-bond donors (Lipinski definition) is 2. The highest BCUT2D eigenvalue weighted by molar-refractivity contribution is 6.36. The molecule has 2 N–H and O–H groups in total. The van der Waals surface area contributed by atoms with Crippen molar-refractivity contribution in [2.24, 2.45) is 7.05 Å². The van der Waals surface area contributed by atoms with Gasteiger partial charge in [0.05, 0.1) is 16.1 Å². The predicted molar refractivity (Wildman–Crippen MR) is 95.3 cm³/mol. The van der Waals surface area contributed by atoms with Gasteiger partial charge in [0.2, 0.25) is 0 Å². The summed E-state index contributed by atoms with van der Waals surface area (Å²) in [5, 5.41) is 14.3. The average molecular weight is 363 g/mol. The smallest absolute Gasteiger partial charge is 0.276 e. The van der Waals surface area contributed by atoms with Crippen molar-refractivity contribution < 1.29 is 9.90 Å². The number of pyridine rings is 1. The maximum atomic E-state index is 12.6. The van der Waals surface area contributed by atoms with E-state index in [4.69, 9.17) is 23.2 Å². The van der Waals surface area contributed by atoms with Crippen LogP contribution < -0.4 is 10.9 Å². The molecule has 2 aromatic carbocycles. The molecule has 0 aliphatic carbocycles. The second-order valence-electron chi connectivity index (χ2n) is 5.19. The number of rotatable bonds is 2. The first-order chi connectivity index (χ1) is 11.4. The van der Waals surface area contributed by atoms with E-state index in [1.807, 2.05) is 0 Å². The molecule has 1 heterocycles. The molecule has 0 saturated carbocycles. The Bertz CT molecular complexity index is 1030. The number of carbonyl (C=O) groups is 1. The normalized spacial score (nSPS) is 10.8. The lowest BCUT2D eigenvalue weighted by atomic mass is 10.1. The van der Waals surface area contributed by atoms with Gasteiger partial charge in [-0.2, -0.15) is 0 Å². The topological polar surface area (TPSA) is 71.3 Å². The van der Waals surface area contributed by atoms with E-state index in [0.29, 0.717) is 15.8 Å². The second kappa shape index (κ2) is 6.19. The number of hydrogen-bond acceptors (Lipinski definition) is 3. The minimum absolute atomic E-state index is 0.158. The SMILES string of the molecule is Cn1c(C(=O)Nc2cc(Cl)ccc2Cl)c(O)c2ccccc2c1=O. The third-order valence-corrected chi connectivity index (χ3v) is 4.23. The zero-order valence-corrected chi connectivity index (χ0v) is 14.0. The van der Waals surface area contributed by atoms with Crippen LogP contribution in [0.3, 0.4) is 0 Å². The van der Waals surface area contributed by atoms with Crippen molar-refractivity contribution in [3.8, 4) is 5.75 Å². The highest BCUT2D eigenvalue weighted by atomic mass is 35.5. The average Bonchev–Trinajstić information content (AvgIpc) is 2.56. The van der Waals surface area contributed by atoms with Crippen LogP contribution in [0.1, 0.15) is 10.5 Å². The summed E-state index contributed by atoms with van der Waals surface area (Å²) in [5.74, 6) is -0.939. The molecule has 0 aliphatic heterocycles. The molecule has 0 spiro atoms. The van der Waals surface area contributed by atoms with E-state index in [2.05, 4.69) is 5.32 Å². The van der Waals surface area contributed by atoms with E-state index >= 15 is 0 Å². The Labute approximate surface area is 147 Å². The maximum Gasteiger partial charge on any atom is 0.276 e. The summed E-state index contributed by atoms with van der Waals surface area (Å²) in [6, 6.07) is 11.1. The quantitative estimate of drug-likeness (QED) is 0.728. The lowest BCUT2D eigenvalue weighted by Gasteiger charge is -2.14. The molecule has 0 radical (unpaired) electrons. The van der Waals surface area contributed by atoms with Gasteiger partial charge in [-0.3, -0.25) is 9.59 Å². The minimum atomic E-state index is -0.665. The van der Waals surface area contributed by atoms with Crippen molar-refractivity contribution in [1.82, 2.24) is 4.57 Å². The Morgan fingerprint density at radius 1 is 1.12 bits per heavy atom. The fraction of sp³-hybridized carbons (Fsp3) is 0.0588. The Morgan fingerprint density at radius 3 is 2.50 bits per heavy atom. The van der Waals surface area contributed by atoms with Crippen molar-refractivity contribution >= 4 is 45.6 Å². The molecule has 3 rings (SSSR count). The van der Waals surface area contributed by atoms with Gasteiger partial charge in [-0.25, -0.2) is 0 Å². The van der Waals surface area contributed by atoms with Gasteiger partial charge in [-0.1, -0.05) is 41.4 Å². The lowest BCUT2D eigenvalue weighted by Crippen LogP contribution is -2.26. The summed E-state index contributed by atoms with van der Waals surface area (Å²) in [5.41, 5.74) is -0.255. The lowest BCUT2D eigenvalue weighted by molar-refractivity contribution is 0.101. The van der Waals surface area contributed by atoms with Gasteiger partial charge in [0.25, 0.3) is 11.5 Å². The number of aromatic hydroxyl groups is 1. The summed E-state index contributed by atoms with van der Waals surface area (Å²) >= 11 is 11.9. The third kappa shape index (κ3) is 2.72. The highest BCUT2D eigenvalue weighted by Crippen LogP contribution is 2.29. The van der Waals surface area contributed by atoms with Crippen molar-refractivity contribution in [2.75, 3.05) is 5.32 Å². The molecule has 1 amide bonds. The number of nitrogens with zero attached hydrogens (tertiary/aromatic N) is 1. The molecular weight excluding hydrogens is 351 g/mol. The van der Waals surface area contributed by atoms with Crippen LogP contribution in [0.2, 0.25) is 10.0 Å². The third-order valence-electron chi connectivity index (χ3n) is 3.67. The first-order valence-corrected chi connectivity index (χ1v) is 7.73. The maximum absolute atomic E-state index is 12.6. The van der Waals surface area contributed by atoms with Crippen molar-refractivity contribution in [3.05, 3.63) is 68.6 Å². The molecule has 24 heavy (non-hydrogen) atoms. The number of benzene rings is 2. The van der Waals surface area contributed by atoms with E-state index in [1.165, 1.54) is 13.1 Å². The Hall–Kier alpha value is -2.50. The van der Waals surface area contributed by atoms with E-state index in [9.17, 15) is 14.7 Å². The molecule has 122 valence electrons. The summed E-state index contributed by atoms with van der Waals surface area (Å²) in [6.45, 7) is 0. The summed E-state index contributed by atoms with van der Waals surface area (Å²) in [4.78, 5) is 25.0. The van der Waals surface area contributed by atoms with Crippen LogP contribution in [0.5, 0.6) is 5.75 Å². The largest absolute Gasteiger partial charge is 0.505 e. The highest BCUT2D eigenvalue weighted by Gasteiger charge is 2.20. The van der Waals surface area contributed by atoms with Crippen molar-refractivity contribution in [1.29, 1.82) is 0 Å². The van der Waals surface area contributed by atoms with Crippen LogP contribution in [0.4, 0.5) is 5.69 Å². The fourth-order valence-corrected chi connectivity index (χ4v) is 2.82. The van der Waals surface area contributed by atoms with Crippen LogP contribution >= 0.6 is 23.2 Å². The molecular formula is C17H12Cl2N2O3. The minimum Gasteiger partial charge on any atom is -0.505 e. The molecule has 0 bridgehead atoms. The Balaban J connectivity index is 2.14. The number of aromatic nitrogens is 1. The summed E-state index contributed by atoms with van der Waals surface area (Å²) in [6.07, 6.45) is 0. The number of fused-ring (bicyclic) bond motifs is 1. The van der Waals surface area contributed by atoms with Crippen molar-refractivity contribution in [3.63, 3.8) is 0 Å². The zero-order valence-electron chi connectivity index (χ0n) is 12.5. The van der Waals surface area contributed by atoms with Gasteiger partial charge in [0.1, 0.15) is 0 Å². The van der Waals surface area contributed by atoms with Crippen molar-refractivity contribution in [2.45, 2.75) is 0 Å². The fourth-order valence-electron chi connectivity index (χ4n) is 2.48. The first kappa shape index (κ1) is 16.4. The van der Waals surface area contributed by atoms with Crippen LogP contribution in [-0.4, -0.2) is 15.6 Å². The molecule has 7 heteroatoms. The van der Waals surface area contributed by atoms with Crippen LogP contribution in [0.15, 0.2) is 47.3 Å². The number of amides is 1. The Kier molecular flexibility index (Phi) is 4.22.